The minimum absolute atomic E-state index is 0.108. The Bertz CT molecular complexity index is 745. The van der Waals surface area contributed by atoms with Gasteiger partial charge in [-0.2, -0.15) is 5.10 Å². The summed E-state index contributed by atoms with van der Waals surface area (Å²) in [6.45, 7) is 3.83. The van der Waals surface area contributed by atoms with Gasteiger partial charge in [0, 0.05) is 0 Å². The second kappa shape index (κ2) is 7.99. The van der Waals surface area contributed by atoms with E-state index in [0.29, 0.717) is 15.8 Å². The molecule has 0 aliphatic rings. The predicted molar refractivity (Wildman–Crippen MR) is 93.6 cm³/mol. The minimum Gasteiger partial charge on any atom is -0.483 e. The van der Waals surface area contributed by atoms with Crippen LogP contribution in [0.5, 0.6) is 5.75 Å². The number of hydrogen-bond acceptors (Lipinski definition) is 3. The third kappa shape index (κ3) is 4.98. The van der Waals surface area contributed by atoms with E-state index in [1.54, 1.807) is 18.2 Å². The van der Waals surface area contributed by atoms with Gasteiger partial charge >= 0.3 is 0 Å². The summed E-state index contributed by atoms with van der Waals surface area (Å²) in [5.74, 6) is 0.343. The number of carbonyl (C=O) groups excluding carboxylic acids is 1. The molecule has 1 amide bonds. The fraction of sp³-hybridized carbons (Fsp3) is 0.176. The number of nitrogens with zero attached hydrogens (tertiary/aromatic N) is 1. The van der Waals surface area contributed by atoms with Gasteiger partial charge in [0.05, 0.1) is 16.3 Å². The molecule has 0 aromatic heterocycles. The van der Waals surface area contributed by atoms with Gasteiger partial charge in [0.15, 0.2) is 6.61 Å². The molecule has 2 aromatic carbocycles. The molecule has 120 valence electrons. The summed E-state index contributed by atoms with van der Waals surface area (Å²) in [4.78, 5) is 11.7. The first-order valence-electron chi connectivity index (χ1n) is 6.93. The highest BCUT2D eigenvalue weighted by Crippen LogP contribution is 2.22. The molecule has 1 N–H and O–H groups in total. The van der Waals surface area contributed by atoms with Crippen molar-refractivity contribution in [3.63, 3.8) is 0 Å². The Labute approximate surface area is 145 Å². The van der Waals surface area contributed by atoms with E-state index in [-0.39, 0.29) is 12.5 Å². The van der Waals surface area contributed by atoms with Gasteiger partial charge in [-0.3, -0.25) is 4.79 Å². The van der Waals surface area contributed by atoms with Crippen molar-refractivity contribution in [1.29, 1.82) is 0 Å². The molecule has 0 atom stereocenters. The summed E-state index contributed by atoms with van der Waals surface area (Å²) >= 11 is 11.7. The number of rotatable bonds is 5. The molecular weight excluding hydrogens is 335 g/mol. The van der Waals surface area contributed by atoms with Gasteiger partial charge in [-0.1, -0.05) is 41.4 Å². The molecule has 0 saturated heterocycles. The van der Waals surface area contributed by atoms with Crippen LogP contribution in [0.1, 0.15) is 16.7 Å². The first-order valence-corrected chi connectivity index (χ1v) is 7.69. The van der Waals surface area contributed by atoms with Crippen LogP contribution in [0.25, 0.3) is 0 Å². The summed E-state index contributed by atoms with van der Waals surface area (Å²) in [6, 6.07) is 10.8. The number of nitrogens with one attached hydrogen (secondary N) is 1. The van der Waals surface area contributed by atoms with E-state index in [2.05, 4.69) is 10.5 Å². The normalized spacial score (nSPS) is 10.8. The molecule has 0 aliphatic carbocycles. The lowest BCUT2D eigenvalue weighted by Gasteiger charge is -2.09. The van der Waals surface area contributed by atoms with E-state index in [1.807, 2.05) is 32.0 Å². The number of amides is 1. The first-order chi connectivity index (χ1) is 11.0. The lowest BCUT2D eigenvalue weighted by atomic mass is 10.1. The van der Waals surface area contributed by atoms with Crippen LogP contribution < -0.4 is 10.2 Å². The van der Waals surface area contributed by atoms with Crippen molar-refractivity contribution in [2.24, 2.45) is 5.10 Å². The van der Waals surface area contributed by atoms with Gasteiger partial charge in [0.1, 0.15) is 5.75 Å². The first kappa shape index (κ1) is 17.3. The SMILES string of the molecule is Cc1cccc(OCC(=O)NN=Cc2ccc(Cl)c(Cl)c2)c1C. The van der Waals surface area contributed by atoms with Crippen LogP contribution in [0, 0.1) is 13.8 Å². The zero-order valence-electron chi connectivity index (χ0n) is 12.8. The van der Waals surface area contributed by atoms with Gasteiger partial charge < -0.3 is 4.74 Å². The number of aryl methyl sites for hydroxylation is 1. The van der Waals surface area contributed by atoms with Gasteiger partial charge in [-0.15, -0.1) is 0 Å². The Kier molecular flexibility index (Phi) is 6.02. The average molecular weight is 351 g/mol. The zero-order valence-corrected chi connectivity index (χ0v) is 14.3. The van der Waals surface area contributed by atoms with Crippen LogP contribution in [-0.2, 0) is 4.79 Å². The Morgan fingerprint density at radius 1 is 1.22 bits per heavy atom. The standard InChI is InChI=1S/C17H16Cl2N2O2/c1-11-4-3-5-16(12(11)2)23-10-17(22)21-20-9-13-6-7-14(18)15(19)8-13/h3-9H,10H2,1-2H3,(H,21,22). The van der Waals surface area contributed by atoms with Gasteiger partial charge in [0.2, 0.25) is 0 Å². The van der Waals surface area contributed by atoms with Crippen molar-refractivity contribution >= 4 is 35.3 Å². The Morgan fingerprint density at radius 3 is 2.74 bits per heavy atom. The van der Waals surface area contributed by atoms with E-state index in [9.17, 15) is 4.79 Å². The Balaban J connectivity index is 1.86. The molecule has 2 rings (SSSR count). The van der Waals surface area contributed by atoms with Crippen molar-refractivity contribution in [3.8, 4) is 5.75 Å². The smallest absolute Gasteiger partial charge is 0.277 e. The zero-order chi connectivity index (χ0) is 16.8. The molecule has 23 heavy (non-hydrogen) atoms. The van der Waals surface area contributed by atoms with Crippen molar-refractivity contribution in [3.05, 3.63) is 63.1 Å². The number of hydrogen-bond donors (Lipinski definition) is 1. The largest absolute Gasteiger partial charge is 0.483 e. The van der Waals surface area contributed by atoms with Crippen molar-refractivity contribution in [2.45, 2.75) is 13.8 Å². The van der Waals surface area contributed by atoms with E-state index in [0.717, 1.165) is 16.7 Å². The molecule has 0 radical (unpaired) electrons. The number of benzene rings is 2. The Hall–Kier alpha value is -2.04. The highest BCUT2D eigenvalue weighted by atomic mass is 35.5. The van der Waals surface area contributed by atoms with Crippen molar-refractivity contribution in [2.75, 3.05) is 6.61 Å². The second-order valence-corrected chi connectivity index (χ2v) is 5.77. The molecule has 0 heterocycles. The number of carbonyl (C=O) groups is 1. The number of halogens is 2. The molecule has 0 saturated carbocycles. The van der Waals surface area contributed by atoms with Gasteiger partial charge in [-0.05, 0) is 48.7 Å². The van der Waals surface area contributed by atoms with E-state index >= 15 is 0 Å². The van der Waals surface area contributed by atoms with Crippen LogP contribution in [0.15, 0.2) is 41.5 Å². The maximum Gasteiger partial charge on any atom is 0.277 e. The molecule has 0 aliphatic heterocycles. The monoisotopic (exact) mass is 350 g/mol. The number of ether oxygens (including phenoxy) is 1. The molecule has 6 heteroatoms. The summed E-state index contributed by atoms with van der Waals surface area (Å²) in [5, 5.41) is 4.76. The van der Waals surface area contributed by atoms with Crippen molar-refractivity contribution < 1.29 is 9.53 Å². The van der Waals surface area contributed by atoms with E-state index < -0.39 is 0 Å². The lowest BCUT2D eigenvalue weighted by Crippen LogP contribution is -2.24. The molecule has 0 unspecified atom stereocenters. The highest BCUT2D eigenvalue weighted by molar-refractivity contribution is 6.42. The summed E-state index contributed by atoms with van der Waals surface area (Å²) in [6.07, 6.45) is 1.48. The molecule has 0 fully saturated rings. The van der Waals surface area contributed by atoms with Crippen LogP contribution in [0.2, 0.25) is 10.0 Å². The average Bonchev–Trinajstić information content (AvgIpc) is 2.52. The maximum absolute atomic E-state index is 11.7. The van der Waals surface area contributed by atoms with Crippen LogP contribution in [0.4, 0.5) is 0 Å². The second-order valence-electron chi connectivity index (χ2n) is 4.95. The third-order valence-corrected chi connectivity index (χ3v) is 4.00. The minimum atomic E-state index is -0.345. The van der Waals surface area contributed by atoms with Crippen LogP contribution >= 0.6 is 23.2 Å². The molecular formula is C17H16Cl2N2O2. The summed E-state index contributed by atoms with van der Waals surface area (Å²) < 4.78 is 5.49. The predicted octanol–water partition coefficient (Wildman–Crippen LogP) is 4.14. The van der Waals surface area contributed by atoms with E-state index in [4.69, 9.17) is 27.9 Å². The van der Waals surface area contributed by atoms with Gasteiger partial charge in [-0.25, -0.2) is 5.43 Å². The van der Waals surface area contributed by atoms with Crippen LogP contribution in [-0.4, -0.2) is 18.7 Å². The fourth-order valence-electron chi connectivity index (χ4n) is 1.83. The van der Waals surface area contributed by atoms with Gasteiger partial charge in [0.25, 0.3) is 5.91 Å². The molecule has 2 aromatic rings. The molecule has 0 bridgehead atoms. The topological polar surface area (TPSA) is 50.7 Å². The lowest BCUT2D eigenvalue weighted by molar-refractivity contribution is -0.123. The summed E-state index contributed by atoms with van der Waals surface area (Å²) in [7, 11) is 0. The van der Waals surface area contributed by atoms with E-state index in [1.165, 1.54) is 6.21 Å². The van der Waals surface area contributed by atoms with Crippen LogP contribution in [0.3, 0.4) is 0 Å². The Morgan fingerprint density at radius 2 is 2.00 bits per heavy atom. The molecule has 0 spiro atoms. The maximum atomic E-state index is 11.7. The molecule has 4 nitrogen and oxygen atoms in total. The third-order valence-electron chi connectivity index (χ3n) is 3.26. The quantitative estimate of drug-likeness (QED) is 0.650. The number of hydrazone groups is 1. The highest BCUT2D eigenvalue weighted by Gasteiger charge is 2.05. The van der Waals surface area contributed by atoms with Crippen molar-refractivity contribution in [1.82, 2.24) is 5.43 Å². The summed E-state index contributed by atoms with van der Waals surface area (Å²) in [5.41, 5.74) is 5.26. The fourth-order valence-corrected chi connectivity index (χ4v) is 2.13.